The first-order valence-electron chi connectivity index (χ1n) is 7.39. The molecule has 0 saturated heterocycles. The molecule has 2 aromatic rings. The van der Waals surface area contributed by atoms with Gasteiger partial charge in [0.2, 0.25) is 0 Å². The highest BCUT2D eigenvalue weighted by molar-refractivity contribution is 7.10. The fourth-order valence-corrected chi connectivity index (χ4v) is 3.31. The van der Waals surface area contributed by atoms with E-state index in [4.69, 9.17) is 4.74 Å². The van der Waals surface area contributed by atoms with Gasteiger partial charge in [-0.05, 0) is 60.6 Å². The molecule has 1 aromatic heterocycles. The number of ether oxygens (including phenoxy) is 1. The maximum absolute atomic E-state index is 12.6. The highest BCUT2D eigenvalue weighted by atomic mass is 32.1. The SMILES string of the molecule is COc1ccc(/C=C2\CCC/C(=C/c3cccs3)C2=O)cc1. The zero-order valence-corrected chi connectivity index (χ0v) is 13.4. The summed E-state index contributed by atoms with van der Waals surface area (Å²) in [6.07, 6.45) is 6.80. The molecule has 0 amide bonds. The Morgan fingerprint density at radius 1 is 1.05 bits per heavy atom. The molecule has 1 saturated carbocycles. The molecule has 1 aliphatic rings. The van der Waals surface area contributed by atoms with Crippen molar-refractivity contribution in [3.05, 3.63) is 63.4 Å². The molecule has 2 nitrogen and oxygen atoms in total. The number of hydrogen-bond donors (Lipinski definition) is 0. The van der Waals surface area contributed by atoms with Crippen molar-refractivity contribution in [3.63, 3.8) is 0 Å². The Balaban J connectivity index is 1.84. The zero-order chi connectivity index (χ0) is 15.4. The molecule has 1 heterocycles. The molecule has 112 valence electrons. The van der Waals surface area contributed by atoms with Gasteiger partial charge in [-0.2, -0.15) is 0 Å². The summed E-state index contributed by atoms with van der Waals surface area (Å²) >= 11 is 1.67. The molecule has 0 unspecified atom stereocenters. The van der Waals surface area contributed by atoms with Crippen molar-refractivity contribution in [1.82, 2.24) is 0 Å². The molecule has 1 aromatic carbocycles. The summed E-state index contributed by atoms with van der Waals surface area (Å²) in [7, 11) is 1.65. The van der Waals surface area contributed by atoms with Gasteiger partial charge in [-0.15, -0.1) is 11.3 Å². The second-order valence-electron chi connectivity index (χ2n) is 5.31. The molecule has 0 bridgehead atoms. The number of benzene rings is 1. The van der Waals surface area contributed by atoms with Crippen LogP contribution in [0.15, 0.2) is 52.9 Å². The molecule has 1 aliphatic carbocycles. The van der Waals surface area contributed by atoms with Crippen LogP contribution < -0.4 is 4.74 Å². The number of thiophene rings is 1. The van der Waals surface area contributed by atoms with E-state index in [0.29, 0.717) is 0 Å². The molecular weight excluding hydrogens is 292 g/mol. The Labute approximate surface area is 134 Å². The number of ketones is 1. The first-order valence-corrected chi connectivity index (χ1v) is 8.27. The molecule has 0 aliphatic heterocycles. The minimum absolute atomic E-state index is 0.190. The lowest BCUT2D eigenvalue weighted by Gasteiger charge is -2.16. The van der Waals surface area contributed by atoms with Crippen molar-refractivity contribution in [3.8, 4) is 5.75 Å². The Bertz CT molecular complexity index is 706. The maximum Gasteiger partial charge on any atom is 0.185 e. The van der Waals surface area contributed by atoms with Crippen LogP contribution >= 0.6 is 11.3 Å². The van der Waals surface area contributed by atoms with Crippen molar-refractivity contribution in [2.45, 2.75) is 19.3 Å². The third-order valence-corrected chi connectivity index (χ3v) is 4.61. The van der Waals surface area contributed by atoms with E-state index in [-0.39, 0.29) is 5.78 Å². The smallest absolute Gasteiger partial charge is 0.185 e. The summed E-state index contributed by atoms with van der Waals surface area (Å²) in [5, 5.41) is 2.04. The van der Waals surface area contributed by atoms with Gasteiger partial charge >= 0.3 is 0 Å². The normalized spacial score (nSPS) is 18.9. The van der Waals surface area contributed by atoms with Crippen LogP contribution in [-0.2, 0) is 4.79 Å². The van der Waals surface area contributed by atoms with Crippen molar-refractivity contribution in [2.24, 2.45) is 0 Å². The van der Waals surface area contributed by atoms with E-state index < -0.39 is 0 Å². The Morgan fingerprint density at radius 3 is 2.41 bits per heavy atom. The van der Waals surface area contributed by atoms with Crippen LogP contribution in [0.4, 0.5) is 0 Å². The van der Waals surface area contributed by atoms with Crippen molar-refractivity contribution < 1.29 is 9.53 Å². The van der Waals surface area contributed by atoms with Crippen LogP contribution in [0.25, 0.3) is 12.2 Å². The number of carbonyl (C=O) groups is 1. The molecular formula is C19H18O2S. The van der Waals surface area contributed by atoms with E-state index in [1.54, 1.807) is 18.4 Å². The summed E-state index contributed by atoms with van der Waals surface area (Å²) in [5.41, 5.74) is 2.87. The van der Waals surface area contributed by atoms with Gasteiger partial charge in [0.1, 0.15) is 5.75 Å². The number of carbonyl (C=O) groups excluding carboxylic acids is 1. The second-order valence-corrected chi connectivity index (χ2v) is 6.29. The van der Waals surface area contributed by atoms with Crippen LogP contribution in [-0.4, -0.2) is 12.9 Å². The fraction of sp³-hybridized carbons (Fsp3) is 0.211. The lowest BCUT2D eigenvalue weighted by molar-refractivity contribution is -0.112. The van der Waals surface area contributed by atoms with E-state index >= 15 is 0 Å². The third kappa shape index (κ3) is 3.37. The first-order chi connectivity index (χ1) is 10.8. The molecule has 1 fully saturated rings. The van der Waals surface area contributed by atoms with Gasteiger partial charge in [0.05, 0.1) is 7.11 Å². The number of Topliss-reactive ketones (excluding diaryl/α,β-unsaturated/α-hetero) is 1. The van der Waals surface area contributed by atoms with Gasteiger partial charge in [-0.25, -0.2) is 0 Å². The van der Waals surface area contributed by atoms with Crippen molar-refractivity contribution >= 4 is 29.3 Å². The van der Waals surface area contributed by atoms with E-state index in [1.165, 1.54) is 0 Å². The summed E-state index contributed by atoms with van der Waals surface area (Å²) in [6.45, 7) is 0. The van der Waals surface area contributed by atoms with Gasteiger partial charge in [0, 0.05) is 16.0 Å². The Kier molecular flexibility index (Phi) is 4.54. The van der Waals surface area contributed by atoms with Gasteiger partial charge < -0.3 is 4.74 Å². The number of rotatable bonds is 3. The minimum Gasteiger partial charge on any atom is -0.497 e. The van der Waals surface area contributed by atoms with Crippen LogP contribution in [0.5, 0.6) is 5.75 Å². The van der Waals surface area contributed by atoms with Gasteiger partial charge in [0.15, 0.2) is 5.78 Å². The third-order valence-electron chi connectivity index (χ3n) is 3.79. The van der Waals surface area contributed by atoms with E-state index in [0.717, 1.165) is 46.6 Å². The van der Waals surface area contributed by atoms with Crippen molar-refractivity contribution in [2.75, 3.05) is 7.11 Å². The second kappa shape index (κ2) is 6.75. The highest BCUT2D eigenvalue weighted by Crippen LogP contribution is 2.29. The molecule has 0 N–H and O–H groups in total. The van der Waals surface area contributed by atoms with E-state index in [9.17, 15) is 4.79 Å². The van der Waals surface area contributed by atoms with Gasteiger partial charge in [-0.3, -0.25) is 4.79 Å². The highest BCUT2D eigenvalue weighted by Gasteiger charge is 2.20. The molecule has 3 heteroatoms. The van der Waals surface area contributed by atoms with Crippen molar-refractivity contribution in [1.29, 1.82) is 0 Å². The lowest BCUT2D eigenvalue weighted by atomic mass is 9.87. The molecule has 3 rings (SSSR count). The monoisotopic (exact) mass is 310 g/mol. The average Bonchev–Trinajstić information content (AvgIpc) is 3.05. The Hall–Kier alpha value is -2.13. The molecule has 0 radical (unpaired) electrons. The molecule has 22 heavy (non-hydrogen) atoms. The van der Waals surface area contributed by atoms with Crippen LogP contribution in [0.2, 0.25) is 0 Å². The number of hydrogen-bond acceptors (Lipinski definition) is 3. The largest absolute Gasteiger partial charge is 0.497 e. The van der Waals surface area contributed by atoms with Crippen LogP contribution in [0.1, 0.15) is 29.7 Å². The molecule has 0 atom stereocenters. The summed E-state index contributed by atoms with van der Waals surface area (Å²) < 4.78 is 5.16. The van der Waals surface area contributed by atoms with E-state index in [2.05, 4.69) is 0 Å². The summed E-state index contributed by atoms with van der Waals surface area (Å²) in [4.78, 5) is 13.8. The predicted octanol–water partition coefficient (Wildman–Crippen LogP) is 4.98. The first kappa shape index (κ1) is 14.8. The number of methoxy groups -OCH3 is 1. The zero-order valence-electron chi connectivity index (χ0n) is 12.5. The Morgan fingerprint density at radius 2 is 1.77 bits per heavy atom. The summed E-state index contributed by atoms with van der Waals surface area (Å²) in [5.74, 6) is 1.02. The van der Waals surface area contributed by atoms with Crippen LogP contribution in [0.3, 0.4) is 0 Å². The van der Waals surface area contributed by atoms with Gasteiger partial charge in [-0.1, -0.05) is 18.2 Å². The summed E-state index contributed by atoms with van der Waals surface area (Å²) in [6, 6.07) is 11.9. The van der Waals surface area contributed by atoms with E-state index in [1.807, 2.05) is 53.9 Å². The van der Waals surface area contributed by atoms with Gasteiger partial charge in [0.25, 0.3) is 0 Å². The predicted molar refractivity (Wildman–Crippen MR) is 92.1 cm³/mol. The average molecular weight is 310 g/mol. The molecule has 0 spiro atoms. The van der Waals surface area contributed by atoms with Crippen LogP contribution in [0, 0.1) is 0 Å². The number of allylic oxidation sites excluding steroid dienone is 2. The standard InChI is InChI=1S/C19H18O2S/c1-21-17-9-7-14(8-10-17)12-15-4-2-5-16(19(15)20)13-18-6-3-11-22-18/h3,6-13H,2,4-5H2,1H3/b15-12+,16-13-. The quantitative estimate of drug-likeness (QED) is 0.748. The minimum atomic E-state index is 0.190. The lowest BCUT2D eigenvalue weighted by Crippen LogP contribution is -2.12. The maximum atomic E-state index is 12.6. The fourth-order valence-electron chi connectivity index (χ4n) is 2.62. The topological polar surface area (TPSA) is 26.3 Å².